The van der Waals surface area contributed by atoms with E-state index in [0.29, 0.717) is 13.1 Å². The lowest BCUT2D eigenvalue weighted by Gasteiger charge is -2.19. The van der Waals surface area contributed by atoms with Gasteiger partial charge in [-0.15, -0.1) is 11.3 Å². The average Bonchev–Trinajstić information content (AvgIpc) is 2.72. The zero-order chi connectivity index (χ0) is 13.2. The third-order valence-electron chi connectivity index (χ3n) is 3.02. The molecule has 4 heteroatoms. The minimum Gasteiger partial charge on any atom is -0.481 e. The molecule has 1 aromatic heterocycles. The Morgan fingerprint density at radius 1 is 1.39 bits per heavy atom. The van der Waals surface area contributed by atoms with Crippen molar-refractivity contribution in [2.45, 2.75) is 20.4 Å². The maximum absolute atomic E-state index is 11.0. The van der Waals surface area contributed by atoms with E-state index in [2.05, 4.69) is 22.8 Å². The van der Waals surface area contributed by atoms with Crippen molar-refractivity contribution in [3.8, 4) is 0 Å². The first kappa shape index (κ1) is 13.1. The largest absolute Gasteiger partial charge is 0.481 e. The predicted octanol–water partition coefficient (Wildman–Crippen LogP) is 3.10. The zero-order valence-corrected chi connectivity index (χ0v) is 11.4. The van der Waals surface area contributed by atoms with Gasteiger partial charge in [0.25, 0.3) is 0 Å². The van der Waals surface area contributed by atoms with Crippen LogP contribution in [0.4, 0.5) is 0 Å². The van der Waals surface area contributed by atoms with Crippen molar-refractivity contribution in [3.63, 3.8) is 0 Å². The third kappa shape index (κ3) is 2.71. The first-order valence-electron chi connectivity index (χ1n) is 5.90. The molecule has 0 bridgehead atoms. The molecule has 0 unspecified atom stereocenters. The fourth-order valence-corrected chi connectivity index (χ4v) is 2.72. The summed E-state index contributed by atoms with van der Waals surface area (Å²) in [6.45, 7) is 4.63. The SMILES string of the molecule is CC(C)(CNCc1csc2ccccc12)C(=O)O. The Hall–Kier alpha value is -1.39. The van der Waals surface area contributed by atoms with Gasteiger partial charge in [-0.25, -0.2) is 0 Å². The van der Waals surface area contributed by atoms with Gasteiger partial charge >= 0.3 is 5.97 Å². The standard InChI is InChI=1S/C14H17NO2S/c1-14(2,13(16)17)9-15-7-10-8-18-12-6-4-3-5-11(10)12/h3-6,8,15H,7,9H2,1-2H3,(H,16,17). The molecule has 1 heterocycles. The van der Waals surface area contributed by atoms with Gasteiger partial charge in [0, 0.05) is 17.8 Å². The zero-order valence-electron chi connectivity index (χ0n) is 10.6. The second-order valence-corrected chi connectivity index (χ2v) is 5.96. The molecule has 2 rings (SSSR count). The Bertz CT molecular complexity index is 560. The maximum Gasteiger partial charge on any atom is 0.310 e. The van der Waals surface area contributed by atoms with Crippen molar-refractivity contribution in [2.24, 2.45) is 5.41 Å². The van der Waals surface area contributed by atoms with Gasteiger partial charge in [-0.1, -0.05) is 18.2 Å². The van der Waals surface area contributed by atoms with E-state index in [0.717, 1.165) is 0 Å². The molecule has 0 aliphatic carbocycles. The highest BCUT2D eigenvalue weighted by Gasteiger charge is 2.26. The van der Waals surface area contributed by atoms with Crippen molar-refractivity contribution in [3.05, 3.63) is 35.2 Å². The van der Waals surface area contributed by atoms with Crippen LogP contribution < -0.4 is 5.32 Å². The maximum atomic E-state index is 11.0. The molecule has 0 atom stereocenters. The minimum absolute atomic E-state index is 0.465. The van der Waals surface area contributed by atoms with E-state index in [1.54, 1.807) is 25.2 Å². The molecule has 0 aliphatic heterocycles. The summed E-state index contributed by atoms with van der Waals surface area (Å²) in [5.74, 6) is -0.773. The number of hydrogen-bond donors (Lipinski definition) is 2. The van der Waals surface area contributed by atoms with Crippen LogP contribution in [0.25, 0.3) is 10.1 Å². The van der Waals surface area contributed by atoms with Crippen molar-refractivity contribution >= 4 is 27.4 Å². The number of benzene rings is 1. The quantitative estimate of drug-likeness (QED) is 0.871. The fraction of sp³-hybridized carbons (Fsp3) is 0.357. The van der Waals surface area contributed by atoms with E-state index in [9.17, 15) is 4.79 Å². The molecule has 0 spiro atoms. The average molecular weight is 263 g/mol. The van der Waals surface area contributed by atoms with Gasteiger partial charge in [-0.2, -0.15) is 0 Å². The van der Waals surface area contributed by atoms with Gasteiger partial charge in [0.15, 0.2) is 0 Å². The van der Waals surface area contributed by atoms with Crippen molar-refractivity contribution in [1.29, 1.82) is 0 Å². The first-order chi connectivity index (χ1) is 8.50. The van der Waals surface area contributed by atoms with Gasteiger partial charge < -0.3 is 10.4 Å². The summed E-state index contributed by atoms with van der Waals surface area (Å²) in [4.78, 5) is 11.0. The summed E-state index contributed by atoms with van der Waals surface area (Å²) in [6.07, 6.45) is 0. The van der Waals surface area contributed by atoms with Gasteiger partial charge in [0.2, 0.25) is 0 Å². The molecule has 18 heavy (non-hydrogen) atoms. The van der Waals surface area contributed by atoms with E-state index in [1.807, 2.05) is 12.1 Å². The summed E-state index contributed by atoms with van der Waals surface area (Å²) in [7, 11) is 0. The Balaban J connectivity index is 2.01. The van der Waals surface area contributed by atoms with Crippen LogP contribution in [0.5, 0.6) is 0 Å². The molecule has 96 valence electrons. The lowest BCUT2D eigenvalue weighted by atomic mass is 9.94. The molecule has 3 nitrogen and oxygen atoms in total. The summed E-state index contributed by atoms with van der Waals surface area (Å²) < 4.78 is 1.27. The predicted molar refractivity (Wildman–Crippen MR) is 74.9 cm³/mol. The monoisotopic (exact) mass is 263 g/mol. The number of aliphatic carboxylic acids is 1. The highest BCUT2D eigenvalue weighted by Crippen LogP contribution is 2.25. The summed E-state index contributed by atoms with van der Waals surface area (Å²) in [5.41, 5.74) is 0.503. The number of hydrogen-bond acceptors (Lipinski definition) is 3. The molecule has 0 radical (unpaired) electrons. The van der Waals surface area contributed by atoms with Crippen LogP contribution >= 0.6 is 11.3 Å². The van der Waals surface area contributed by atoms with Crippen LogP contribution in [0.2, 0.25) is 0 Å². The normalized spacial score (nSPS) is 11.9. The van der Waals surface area contributed by atoms with Crippen LogP contribution in [-0.4, -0.2) is 17.6 Å². The number of carboxylic acid groups (broad SMARTS) is 1. The molecular formula is C14H17NO2S. The van der Waals surface area contributed by atoms with Crippen LogP contribution in [0, 0.1) is 5.41 Å². The molecule has 0 saturated heterocycles. The lowest BCUT2D eigenvalue weighted by Crippen LogP contribution is -2.35. The number of rotatable bonds is 5. The second-order valence-electron chi connectivity index (χ2n) is 5.05. The molecule has 0 saturated carbocycles. The number of nitrogens with one attached hydrogen (secondary N) is 1. The van der Waals surface area contributed by atoms with Crippen LogP contribution in [0.1, 0.15) is 19.4 Å². The third-order valence-corrected chi connectivity index (χ3v) is 4.03. The number of fused-ring (bicyclic) bond motifs is 1. The number of thiophene rings is 1. The van der Waals surface area contributed by atoms with Gasteiger partial charge in [0.05, 0.1) is 5.41 Å². The molecule has 0 fully saturated rings. The van der Waals surface area contributed by atoms with Crippen molar-refractivity contribution in [2.75, 3.05) is 6.54 Å². The van der Waals surface area contributed by atoms with E-state index in [-0.39, 0.29) is 0 Å². The van der Waals surface area contributed by atoms with Crippen molar-refractivity contribution < 1.29 is 9.90 Å². The van der Waals surface area contributed by atoms with Crippen LogP contribution in [0.15, 0.2) is 29.6 Å². The first-order valence-corrected chi connectivity index (χ1v) is 6.78. The molecule has 2 aromatic rings. The van der Waals surface area contributed by atoms with E-state index in [4.69, 9.17) is 5.11 Å². The Morgan fingerprint density at radius 3 is 2.83 bits per heavy atom. The Labute approximate surface area is 110 Å². The minimum atomic E-state index is -0.773. The summed E-state index contributed by atoms with van der Waals surface area (Å²) >= 11 is 1.72. The van der Waals surface area contributed by atoms with Gasteiger partial charge in [-0.3, -0.25) is 4.79 Å². The fourth-order valence-electron chi connectivity index (χ4n) is 1.75. The van der Waals surface area contributed by atoms with Crippen LogP contribution in [0.3, 0.4) is 0 Å². The second kappa shape index (κ2) is 5.08. The van der Waals surface area contributed by atoms with Crippen molar-refractivity contribution in [1.82, 2.24) is 5.32 Å². The number of carbonyl (C=O) groups is 1. The van der Waals surface area contributed by atoms with Crippen LogP contribution in [-0.2, 0) is 11.3 Å². The molecule has 0 aliphatic rings. The Morgan fingerprint density at radius 2 is 2.11 bits per heavy atom. The molecule has 1 aromatic carbocycles. The Kier molecular flexibility index (Phi) is 3.68. The van der Waals surface area contributed by atoms with E-state index in [1.165, 1.54) is 15.6 Å². The molecular weight excluding hydrogens is 246 g/mol. The summed E-state index contributed by atoms with van der Waals surface area (Å²) in [6, 6.07) is 8.26. The van der Waals surface area contributed by atoms with E-state index >= 15 is 0 Å². The summed E-state index contributed by atoms with van der Waals surface area (Å²) in [5, 5.41) is 15.6. The highest BCUT2D eigenvalue weighted by molar-refractivity contribution is 7.17. The molecule has 0 amide bonds. The smallest absolute Gasteiger partial charge is 0.310 e. The number of carboxylic acids is 1. The van der Waals surface area contributed by atoms with Gasteiger partial charge in [-0.05, 0) is 36.2 Å². The van der Waals surface area contributed by atoms with E-state index < -0.39 is 11.4 Å². The highest BCUT2D eigenvalue weighted by atomic mass is 32.1. The topological polar surface area (TPSA) is 49.3 Å². The van der Waals surface area contributed by atoms with Gasteiger partial charge in [0.1, 0.15) is 0 Å². The molecule has 2 N–H and O–H groups in total. The lowest BCUT2D eigenvalue weighted by molar-refractivity contribution is -0.146.